The van der Waals surface area contributed by atoms with Gasteiger partial charge in [-0.3, -0.25) is 9.69 Å². The second-order valence-corrected chi connectivity index (χ2v) is 8.86. The topological polar surface area (TPSA) is 58.6 Å². The second kappa shape index (κ2) is 9.07. The zero-order chi connectivity index (χ0) is 20.3. The molecule has 0 saturated carbocycles. The average Bonchev–Trinajstić information content (AvgIpc) is 3.04. The average molecular weight is 421 g/mol. The molecule has 1 fully saturated rings. The van der Waals surface area contributed by atoms with Crippen molar-refractivity contribution in [1.82, 2.24) is 4.90 Å². The summed E-state index contributed by atoms with van der Waals surface area (Å²) in [5.74, 6) is 0.582. The molecule has 1 aromatic heterocycles. The van der Waals surface area contributed by atoms with Crippen LogP contribution >= 0.6 is 22.9 Å². The highest BCUT2D eigenvalue weighted by atomic mass is 35.5. The third-order valence-corrected chi connectivity index (χ3v) is 6.05. The van der Waals surface area contributed by atoms with Gasteiger partial charge in [-0.2, -0.15) is 0 Å². The van der Waals surface area contributed by atoms with Crippen molar-refractivity contribution in [3.8, 4) is 11.1 Å². The number of piperidine rings is 1. The van der Waals surface area contributed by atoms with Crippen molar-refractivity contribution in [2.24, 2.45) is 11.8 Å². The van der Waals surface area contributed by atoms with Crippen LogP contribution in [-0.4, -0.2) is 43.5 Å². The molecule has 150 valence electrons. The van der Waals surface area contributed by atoms with Crippen LogP contribution in [-0.2, 0) is 9.53 Å². The summed E-state index contributed by atoms with van der Waals surface area (Å²) in [5, 5.41) is 5.91. The van der Waals surface area contributed by atoms with Crippen LogP contribution < -0.4 is 5.32 Å². The smallest absolute Gasteiger partial charge is 0.341 e. The maximum atomic E-state index is 12.6. The molecule has 0 radical (unpaired) electrons. The number of esters is 1. The van der Waals surface area contributed by atoms with Gasteiger partial charge < -0.3 is 10.1 Å². The van der Waals surface area contributed by atoms with Crippen molar-refractivity contribution in [2.75, 3.05) is 32.1 Å². The number of nitrogens with zero attached hydrogens (tertiary/aromatic N) is 1. The molecule has 1 amide bonds. The first-order valence-electron chi connectivity index (χ1n) is 9.35. The number of methoxy groups -OCH3 is 1. The number of anilines is 1. The van der Waals surface area contributed by atoms with Gasteiger partial charge in [0.05, 0.1) is 13.7 Å². The van der Waals surface area contributed by atoms with Gasteiger partial charge in [-0.25, -0.2) is 4.79 Å². The number of carbonyl (C=O) groups is 2. The van der Waals surface area contributed by atoms with E-state index in [1.807, 2.05) is 17.5 Å². The van der Waals surface area contributed by atoms with Crippen molar-refractivity contribution in [1.29, 1.82) is 0 Å². The lowest BCUT2D eigenvalue weighted by atomic mass is 9.92. The molecule has 0 bridgehead atoms. The van der Waals surface area contributed by atoms with E-state index in [0.717, 1.165) is 24.2 Å². The Labute approximate surface area is 174 Å². The highest BCUT2D eigenvalue weighted by molar-refractivity contribution is 7.15. The number of carbonyl (C=O) groups excluding carboxylic acids is 2. The van der Waals surface area contributed by atoms with E-state index < -0.39 is 5.97 Å². The Morgan fingerprint density at radius 3 is 2.46 bits per heavy atom. The van der Waals surface area contributed by atoms with Crippen molar-refractivity contribution in [2.45, 2.75) is 20.3 Å². The van der Waals surface area contributed by atoms with E-state index in [2.05, 4.69) is 24.1 Å². The normalized spacial score (nSPS) is 20.0. The molecule has 0 aliphatic carbocycles. The molecule has 7 heteroatoms. The van der Waals surface area contributed by atoms with Crippen molar-refractivity contribution >= 4 is 39.8 Å². The van der Waals surface area contributed by atoms with Gasteiger partial charge in [-0.1, -0.05) is 37.6 Å². The van der Waals surface area contributed by atoms with Crippen LogP contribution in [0, 0.1) is 11.8 Å². The number of ether oxygens (including phenoxy) is 1. The molecule has 5 nitrogen and oxygen atoms in total. The number of likely N-dealkylation sites (tertiary alicyclic amines) is 1. The van der Waals surface area contributed by atoms with Gasteiger partial charge in [0.15, 0.2) is 0 Å². The van der Waals surface area contributed by atoms with Crippen LogP contribution in [0.1, 0.15) is 30.6 Å². The quantitative estimate of drug-likeness (QED) is 0.707. The molecular formula is C21H25ClN2O3S. The minimum atomic E-state index is -0.471. The number of rotatable bonds is 5. The van der Waals surface area contributed by atoms with Gasteiger partial charge in [-0.05, 0) is 36.0 Å². The summed E-state index contributed by atoms with van der Waals surface area (Å²) in [6, 6.07) is 7.23. The molecule has 1 aliphatic heterocycles. The first kappa shape index (κ1) is 20.8. The molecule has 28 heavy (non-hydrogen) atoms. The molecule has 1 saturated heterocycles. The number of nitrogens with one attached hydrogen (secondary N) is 1. The molecule has 1 aliphatic rings. The number of halogens is 1. The van der Waals surface area contributed by atoms with Gasteiger partial charge in [0.2, 0.25) is 5.91 Å². The Bertz CT molecular complexity index is 840. The summed E-state index contributed by atoms with van der Waals surface area (Å²) in [7, 11) is 1.34. The fourth-order valence-electron chi connectivity index (χ4n) is 3.89. The van der Waals surface area contributed by atoms with E-state index >= 15 is 0 Å². The maximum absolute atomic E-state index is 12.6. The fraction of sp³-hybridized carbons (Fsp3) is 0.429. The van der Waals surface area contributed by atoms with Crippen LogP contribution in [0.5, 0.6) is 0 Å². The third kappa shape index (κ3) is 4.93. The zero-order valence-electron chi connectivity index (χ0n) is 16.3. The number of hydrogen-bond donors (Lipinski definition) is 1. The lowest BCUT2D eigenvalue weighted by Crippen LogP contribution is -2.42. The van der Waals surface area contributed by atoms with Crippen molar-refractivity contribution < 1.29 is 14.3 Å². The van der Waals surface area contributed by atoms with E-state index in [9.17, 15) is 9.59 Å². The lowest BCUT2D eigenvalue weighted by molar-refractivity contribution is -0.117. The Morgan fingerprint density at radius 2 is 1.86 bits per heavy atom. The summed E-state index contributed by atoms with van der Waals surface area (Å²) in [4.78, 5) is 27.2. The van der Waals surface area contributed by atoms with E-state index in [1.54, 1.807) is 12.1 Å². The third-order valence-electron chi connectivity index (χ3n) is 4.90. The molecule has 2 atom stereocenters. The lowest BCUT2D eigenvalue weighted by Gasteiger charge is -2.34. The Balaban J connectivity index is 1.78. The minimum Gasteiger partial charge on any atom is -0.465 e. The van der Waals surface area contributed by atoms with Gasteiger partial charge in [0.25, 0.3) is 0 Å². The van der Waals surface area contributed by atoms with Crippen LogP contribution in [0.15, 0.2) is 29.6 Å². The van der Waals surface area contributed by atoms with Crippen LogP contribution in [0.4, 0.5) is 5.00 Å². The summed E-state index contributed by atoms with van der Waals surface area (Å²) >= 11 is 7.29. The molecular weight excluding hydrogens is 396 g/mol. The van der Waals surface area contributed by atoms with E-state index in [-0.39, 0.29) is 5.91 Å². The molecule has 0 spiro atoms. The Morgan fingerprint density at radius 1 is 1.21 bits per heavy atom. The number of thiophene rings is 1. The maximum Gasteiger partial charge on any atom is 0.341 e. The van der Waals surface area contributed by atoms with Gasteiger partial charge in [0.1, 0.15) is 10.6 Å². The number of hydrogen-bond acceptors (Lipinski definition) is 5. The first-order chi connectivity index (χ1) is 13.4. The van der Waals surface area contributed by atoms with E-state index in [1.165, 1.54) is 24.9 Å². The largest absolute Gasteiger partial charge is 0.465 e. The SMILES string of the molecule is COC(=O)c1c(-c2ccc(Cl)cc2)csc1NC(=O)CN1CC(C)CC(C)C1. The molecule has 2 unspecified atom stereocenters. The van der Waals surface area contributed by atoms with E-state index in [4.69, 9.17) is 16.3 Å². The molecule has 1 N–H and O–H groups in total. The summed E-state index contributed by atoms with van der Waals surface area (Å²) in [5.41, 5.74) is 1.95. The van der Waals surface area contributed by atoms with Gasteiger partial charge >= 0.3 is 5.97 Å². The van der Waals surface area contributed by atoms with E-state index in [0.29, 0.717) is 34.0 Å². The Kier molecular flexibility index (Phi) is 6.75. The molecule has 1 aromatic carbocycles. The summed E-state index contributed by atoms with van der Waals surface area (Å²) in [6.07, 6.45) is 1.19. The highest BCUT2D eigenvalue weighted by Crippen LogP contribution is 2.36. The summed E-state index contributed by atoms with van der Waals surface area (Å²) < 4.78 is 4.96. The summed E-state index contributed by atoms with van der Waals surface area (Å²) in [6.45, 7) is 6.59. The second-order valence-electron chi connectivity index (χ2n) is 7.54. The zero-order valence-corrected chi connectivity index (χ0v) is 17.9. The predicted molar refractivity (Wildman–Crippen MR) is 114 cm³/mol. The van der Waals surface area contributed by atoms with Gasteiger partial charge in [0, 0.05) is 29.1 Å². The predicted octanol–water partition coefficient (Wildman–Crippen LogP) is 4.77. The van der Waals surface area contributed by atoms with Crippen LogP contribution in [0.3, 0.4) is 0 Å². The van der Waals surface area contributed by atoms with Crippen LogP contribution in [0.2, 0.25) is 5.02 Å². The minimum absolute atomic E-state index is 0.115. The highest BCUT2D eigenvalue weighted by Gasteiger charge is 2.25. The van der Waals surface area contributed by atoms with Gasteiger partial charge in [-0.15, -0.1) is 11.3 Å². The number of benzene rings is 1. The van der Waals surface area contributed by atoms with Crippen molar-refractivity contribution in [3.05, 3.63) is 40.2 Å². The molecule has 2 aromatic rings. The number of amides is 1. The molecule has 3 rings (SSSR count). The fourth-order valence-corrected chi connectivity index (χ4v) is 4.99. The standard InChI is InChI=1S/C21H25ClN2O3S/c1-13-8-14(2)10-24(9-13)11-18(25)23-20-19(21(26)27-3)17(12-28-20)15-4-6-16(22)7-5-15/h4-7,12-14H,8-11H2,1-3H3,(H,23,25). The monoisotopic (exact) mass is 420 g/mol. The first-order valence-corrected chi connectivity index (χ1v) is 10.6. The molecule has 2 heterocycles. The Hall–Kier alpha value is -1.89. The van der Waals surface area contributed by atoms with Crippen LogP contribution in [0.25, 0.3) is 11.1 Å². The van der Waals surface area contributed by atoms with Crippen molar-refractivity contribution in [3.63, 3.8) is 0 Å².